The maximum atomic E-state index is 12.6. The van der Waals surface area contributed by atoms with E-state index >= 15 is 0 Å². The molecule has 2 atom stereocenters. The Kier molecular flexibility index (Phi) is 3.80. The number of hydrogen-bond acceptors (Lipinski definition) is 3. The van der Waals surface area contributed by atoms with E-state index in [1.54, 1.807) is 24.3 Å². The van der Waals surface area contributed by atoms with Crippen LogP contribution in [-0.2, 0) is 4.74 Å². The molecule has 2 aliphatic heterocycles. The molecule has 2 heterocycles. The second-order valence-electron chi connectivity index (χ2n) is 7.16. The average Bonchev–Trinajstić information content (AvgIpc) is 3.27. The number of imide groups is 1. The molecule has 2 aliphatic rings. The number of rotatable bonds is 3. The van der Waals surface area contributed by atoms with E-state index in [0.29, 0.717) is 17.7 Å². The van der Waals surface area contributed by atoms with Gasteiger partial charge in [-0.3, -0.25) is 14.5 Å². The first-order valence-electron chi connectivity index (χ1n) is 9.31. The smallest absolute Gasteiger partial charge is 0.261 e. The molecule has 4 heteroatoms. The Balaban J connectivity index is 1.35. The molecule has 0 spiro atoms. The molecule has 3 aromatic rings. The van der Waals surface area contributed by atoms with Gasteiger partial charge in [0.2, 0.25) is 0 Å². The number of ether oxygens (including phenoxy) is 1. The van der Waals surface area contributed by atoms with Gasteiger partial charge in [-0.25, -0.2) is 0 Å². The van der Waals surface area contributed by atoms with Crippen molar-refractivity contribution in [3.63, 3.8) is 0 Å². The molecule has 0 aromatic heterocycles. The number of amides is 2. The van der Waals surface area contributed by atoms with Crippen LogP contribution in [0, 0.1) is 0 Å². The Morgan fingerprint density at radius 1 is 0.815 bits per heavy atom. The SMILES string of the molecule is O=C1c2ccccc2C(=O)N1CC1CCC(c2cccc3ccccc23)O1. The van der Waals surface area contributed by atoms with E-state index < -0.39 is 0 Å². The third-order valence-electron chi connectivity index (χ3n) is 5.54. The maximum absolute atomic E-state index is 12.6. The minimum atomic E-state index is -0.215. The van der Waals surface area contributed by atoms with Crippen molar-refractivity contribution in [2.75, 3.05) is 6.54 Å². The second-order valence-corrected chi connectivity index (χ2v) is 7.16. The van der Waals surface area contributed by atoms with E-state index in [4.69, 9.17) is 4.74 Å². The van der Waals surface area contributed by atoms with Crippen molar-refractivity contribution >= 4 is 22.6 Å². The molecule has 1 fully saturated rings. The molecule has 134 valence electrons. The Morgan fingerprint density at radius 3 is 2.26 bits per heavy atom. The number of hydrogen-bond donors (Lipinski definition) is 0. The highest BCUT2D eigenvalue weighted by Gasteiger charge is 2.38. The number of fused-ring (bicyclic) bond motifs is 2. The van der Waals surface area contributed by atoms with Crippen molar-refractivity contribution in [3.8, 4) is 0 Å². The van der Waals surface area contributed by atoms with Gasteiger partial charge < -0.3 is 4.74 Å². The van der Waals surface area contributed by atoms with Crippen LogP contribution in [0.5, 0.6) is 0 Å². The number of benzene rings is 3. The Hall–Kier alpha value is -2.98. The predicted molar refractivity (Wildman–Crippen MR) is 103 cm³/mol. The van der Waals surface area contributed by atoms with E-state index in [0.717, 1.165) is 12.8 Å². The predicted octanol–water partition coefficient (Wildman–Crippen LogP) is 4.36. The fraction of sp³-hybridized carbons (Fsp3) is 0.217. The average molecular weight is 357 g/mol. The normalized spacial score (nSPS) is 21.9. The molecular formula is C23H19NO3. The molecule has 0 aliphatic carbocycles. The van der Waals surface area contributed by atoms with Gasteiger partial charge in [-0.15, -0.1) is 0 Å². The monoisotopic (exact) mass is 357 g/mol. The Bertz CT molecular complexity index is 1020. The number of carbonyl (C=O) groups is 2. The summed E-state index contributed by atoms with van der Waals surface area (Å²) in [5.41, 5.74) is 2.16. The third-order valence-corrected chi connectivity index (χ3v) is 5.54. The molecule has 0 saturated carbocycles. The van der Waals surface area contributed by atoms with Crippen LogP contribution in [0.4, 0.5) is 0 Å². The molecule has 2 unspecified atom stereocenters. The zero-order valence-electron chi connectivity index (χ0n) is 14.8. The fourth-order valence-electron chi connectivity index (χ4n) is 4.21. The summed E-state index contributed by atoms with van der Waals surface area (Å²) < 4.78 is 6.27. The first-order valence-corrected chi connectivity index (χ1v) is 9.31. The van der Waals surface area contributed by atoms with Gasteiger partial charge in [0.1, 0.15) is 0 Å². The van der Waals surface area contributed by atoms with Gasteiger partial charge in [0.25, 0.3) is 11.8 Å². The van der Waals surface area contributed by atoms with E-state index in [2.05, 4.69) is 30.3 Å². The van der Waals surface area contributed by atoms with Crippen LogP contribution in [0.15, 0.2) is 66.7 Å². The molecular weight excluding hydrogens is 338 g/mol. The van der Waals surface area contributed by atoms with E-state index in [9.17, 15) is 9.59 Å². The van der Waals surface area contributed by atoms with Crippen LogP contribution in [0.1, 0.15) is 45.2 Å². The molecule has 27 heavy (non-hydrogen) atoms. The summed E-state index contributed by atoms with van der Waals surface area (Å²) in [6, 6.07) is 21.6. The quantitative estimate of drug-likeness (QED) is 0.655. The van der Waals surface area contributed by atoms with Gasteiger partial charge in [0, 0.05) is 0 Å². The fourth-order valence-corrected chi connectivity index (χ4v) is 4.21. The molecule has 1 saturated heterocycles. The highest BCUT2D eigenvalue weighted by molar-refractivity contribution is 6.21. The van der Waals surface area contributed by atoms with Crippen molar-refractivity contribution in [2.24, 2.45) is 0 Å². The summed E-state index contributed by atoms with van der Waals surface area (Å²) in [6.07, 6.45) is 1.59. The lowest BCUT2D eigenvalue weighted by Gasteiger charge is -2.20. The van der Waals surface area contributed by atoms with Crippen LogP contribution in [0.2, 0.25) is 0 Å². The standard InChI is InChI=1S/C23H19NO3/c25-22-19-9-3-4-10-20(19)23(26)24(22)14-16-12-13-21(27-16)18-11-5-7-15-6-1-2-8-17(15)18/h1-11,16,21H,12-14H2. The van der Waals surface area contributed by atoms with Crippen molar-refractivity contribution in [2.45, 2.75) is 25.0 Å². The van der Waals surface area contributed by atoms with Crippen LogP contribution < -0.4 is 0 Å². The first kappa shape index (κ1) is 16.2. The van der Waals surface area contributed by atoms with Gasteiger partial charge in [-0.1, -0.05) is 54.6 Å². The van der Waals surface area contributed by atoms with Crippen LogP contribution >= 0.6 is 0 Å². The summed E-state index contributed by atoms with van der Waals surface area (Å²) in [5, 5.41) is 2.40. The zero-order valence-corrected chi connectivity index (χ0v) is 14.8. The summed E-state index contributed by atoms with van der Waals surface area (Å²) in [4.78, 5) is 26.5. The largest absolute Gasteiger partial charge is 0.368 e. The summed E-state index contributed by atoms with van der Waals surface area (Å²) in [6.45, 7) is 0.313. The first-order chi connectivity index (χ1) is 13.2. The molecule has 5 rings (SSSR count). The minimum Gasteiger partial charge on any atom is -0.368 e. The lowest BCUT2D eigenvalue weighted by Crippen LogP contribution is -2.36. The topological polar surface area (TPSA) is 46.6 Å². The molecule has 0 bridgehead atoms. The Morgan fingerprint density at radius 2 is 1.48 bits per heavy atom. The lowest BCUT2D eigenvalue weighted by molar-refractivity contribution is 0.0221. The van der Waals surface area contributed by atoms with Gasteiger partial charge >= 0.3 is 0 Å². The molecule has 0 N–H and O–H groups in total. The summed E-state index contributed by atoms with van der Waals surface area (Å²) in [5.74, 6) is -0.430. The molecule has 2 amide bonds. The van der Waals surface area contributed by atoms with Crippen LogP contribution in [0.25, 0.3) is 10.8 Å². The van der Waals surface area contributed by atoms with E-state index in [-0.39, 0.29) is 24.0 Å². The van der Waals surface area contributed by atoms with E-state index in [1.165, 1.54) is 21.2 Å². The number of carbonyl (C=O) groups excluding carboxylic acids is 2. The van der Waals surface area contributed by atoms with Crippen molar-refractivity contribution < 1.29 is 14.3 Å². The highest BCUT2D eigenvalue weighted by Crippen LogP contribution is 2.37. The van der Waals surface area contributed by atoms with E-state index in [1.807, 2.05) is 12.1 Å². The number of nitrogens with zero attached hydrogens (tertiary/aromatic N) is 1. The van der Waals surface area contributed by atoms with Gasteiger partial charge in [0.15, 0.2) is 0 Å². The minimum absolute atomic E-state index is 0.00344. The van der Waals surface area contributed by atoms with Gasteiger partial charge in [-0.2, -0.15) is 0 Å². The maximum Gasteiger partial charge on any atom is 0.261 e. The molecule has 3 aromatic carbocycles. The van der Waals surface area contributed by atoms with Gasteiger partial charge in [-0.05, 0) is 41.3 Å². The molecule has 4 nitrogen and oxygen atoms in total. The van der Waals surface area contributed by atoms with Crippen LogP contribution in [-0.4, -0.2) is 29.4 Å². The highest BCUT2D eigenvalue weighted by atomic mass is 16.5. The molecule has 0 radical (unpaired) electrons. The van der Waals surface area contributed by atoms with Gasteiger partial charge in [0.05, 0.1) is 29.9 Å². The van der Waals surface area contributed by atoms with Crippen molar-refractivity contribution in [1.29, 1.82) is 0 Å². The second kappa shape index (κ2) is 6.32. The summed E-state index contributed by atoms with van der Waals surface area (Å²) in [7, 11) is 0. The summed E-state index contributed by atoms with van der Waals surface area (Å²) >= 11 is 0. The van der Waals surface area contributed by atoms with Crippen molar-refractivity contribution in [3.05, 3.63) is 83.4 Å². The Labute approximate surface area is 157 Å². The third kappa shape index (κ3) is 2.64. The van der Waals surface area contributed by atoms with Crippen molar-refractivity contribution in [1.82, 2.24) is 4.90 Å². The lowest BCUT2D eigenvalue weighted by atomic mass is 9.99. The zero-order chi connectivity index (χ0) is 18.4. The van der Waals surface area contributed by atoms with Crippen LogP contribution in [0.3, 0.4) is 0 Å².